The van der Waals surface area contributed by atoms with Crippen LogP contribution in [0.25, 0.3) is 0 Å². The minimum absolute atomic E-state index is 0.000129. The van der Waals surface area contributed by atoms with E-state index >= 15 is 0 Å². The molecule has 1 aliphatic rings. The normalized spacial score (nSPS) is 17.9. The van der Waals surface area contributed by atoms with Crippen molar-refractivity contribution < 1.29 is 14.4 Å². The molecule has 0 aromatic heterocycles. The molecule has 2 atom stereocenters. The quantitative estimate of drug-likeness (QED) is 0.770. The Morgan fingerprint density at radius 1 is 1.19 bits per heavy atom. The molecule has 0 aliphatic carbocycles. The number of nitrogens with one attached hydrogen (secondary N) is 2. The number of amides is 3. The molecule has 148 valence electrons. The van der Waals surface area contributed by atoms with Crippen molar-refractivity contribution in [2.45, 2.75) is 58.9 Å². The predicted octanol–water partition coefficient (Wildman–Crippen LogP) is 3.25. The molecule has 27 heavy (non-hydrogen) atoms. The van der Waals surface area contributed by atoms with Gasteiger partial charge in [-0.1, -0.05) is 26.0 Å². The van der Waals surface area contributed by atoms with E-state index in [1.807, 2.05) is 49.9 Å². The van der Waals surface area contributed by atoms with Crippen LogP contribution in [-0.4, -0.2) is 35.7 Å². The van der Waals surface area contributed by atoms with Gasteiger partial charge < -0.3 is 15.5 Å². The van der Waals surface area contributed by atoms with Crippen molar-refractivity contribution in [2.75, 3.05) is 18.4 Å². The SMILES string of the molecule is CCCC(=O)N1CCC[C@@H](C(=O)N[C@H](C)c2ccc(NC(=O)CC)cc2)C1. The Bertz CT molecular complexity index is 657. The Balaban J connectivity index is 1.90. The number of rotatable bonds is 7. The highest BCUT2D eigenvalue weighted by atomic mass is 16.2. The van der Waals surface area contributed by atoms with E-state index in [0.717, 1.165) is 37.1 Å². The molecular formula is C21H31N3O3. The fraction of sp³-hybridized carbons (Fsp3) is 0.571. The van der Waals surface area contributed by atoms with E-state index in [2.05, 4.69) is 10.6 Å². The molecule has 0 radical (unpaired) electrons. The Morgan fingerprint density at radius 3 is 2.52 bits per heavy atom. The molecule has 0 bridgehead atoms. The van der Waals surface area contributed by atoms with Gasteiger partial charge in [-0.15, -0.1) is 0 Å². The molecule has 1 aliphatic heterocycles. The van der Waals surface area contributed by atoms with E-state index < -0.39 is 0 Å². The van der Waals surface area contributed by atoms with Crippen LogP contribution < -0.4 is 10.6 Å². The summed E-state index contributed by atoms with van der Waals surface area (Å²) in [7, 11) is 0. The van der Waals surface area contributed by atoms with E-state index in [-0.39, 0.29) is 29.7 Å². The highest BCUT2D eigenvalue weighted by Crippen LogP contribution is 2.21. The molecule has 1 heterocycles. The van der Waals surface area contributed by atoms with Crippen LogP contribution in [0.15, 0.2) is 24.3 Å². The zero-order valence-corrected chi connectivity index (χ0v) is 16.6. The number of nitrogens with zero attached hydrogens (tertiary/aromatic N) is 1. The molecule has 2 rings (SSSR count). The topological polar surface area (TPSA) is 78.5 Å². The van der Waals surface area contributed by atoms with Crippen LogP contribution in [0.5, 0.6) is 0 Å². The van der Waals surface area contributed by atoms with Crippen molar-refractivity contribution in [1.82, 2.24) is 10.2 Å². The maximum atomic E-state index is 12.7. The van der Waals surface area contributed by atoms with Crippen molar-refractivity contribution >= 4 is 23.4 Å². The first-order valence-electron chi connectivity index (χ1n) is 9.92. The standard InChI is InChI=1S/C21H31N3O3/c1-4-7-20(26)24-13-6-8-17(14-24)21(27)22-15(3)16-9-11-18(12-10-16)23-19(25)5-2/h9-12,15,17H,4-8,13-14H2,1-3H3,(H,22,27)(H,23,25)/t15-,17-/m1/s1. The highest BCUT2D eigenvalue weighted by molar-refractivity contribution is 5.90. The van der Waals surface area contributed by atoms with Crippen LogP contribution in [0.4, 0.5) is 5.69 Å². The van der Waals surface area contributed by atoms with Gasteiger partial charge in [0, 0.05) is 31.6 Å². The summed E-state index contributed by atoms with van der Waals surface area (Å²) in [5.41, 5.74) is 1.73. The third kappa shape index (κ3) is 6.08. The van der Waals surface area contributed by atoms with Gasteiger partial charge >= 0.3 is 0 Å². The molecule has 3 amide bonds. The lowest BCUT2D eigenvalue weighted by atomic mass is 9.96. The lowest BCUT2D eigenvalue weighted by Crippen LogP contribution is -2.45. The zero-order chi connectivity index (χ0) is 19.8. The van der Waals surface area contributed by atoms with Crippen molar-refractivity contribution in [3.05, 3.63) is 29.8 Å². The maximum absolute atomic E-state index is 12.7. The lowest BCUT2D eigenvalue weighted by Gasteiger charge is -2.32. The summed E-state index contributed by atoms with van der Waals surface area (Å²) in [6, 6.07) is 7.38. The summed E-state index contributed by atoms with van der Waals surface area (Å²) < 4.78 is 0. The van der Waals surface area contributed by atoms with Crippen LogP contribution in [-0.2, 0) is 14.4 Å². The summed E-state index contributed by atoms with van der Waals surface area (Å²) in [5, 5.41) is 5.88. The first-order valence-corrected chi connectivity index (χ1v) is 9.92. The highest BCUT2D eigenvalue weighted by Gasteiger charge is 2.28. The second-order valence-corrected chi connectivity index (χ2v) is 7.18. The minimum Gasteiger partial charge on any atom is -0.349 e. The predicted molar refractivity (Wildman–Crippen MR) is 106 cm³/mol. The molecule has 6 heteroatoms. The van der Waals surface area contributed by atoms with Gasteiger partial charge in [-0.3, -0.25) is 14.4 Å². The fourth-order valence-corrected chi connectivity index (χ4v) is 3.31. The van der Waals surface area contributed by atoms with E-state index in [0.29, 0.717) is 19.4 Å². The van der Waals surface area contributed by atoms with Crippen molar-refractivity contribution in [3.63, 3.8) is 0 Å². The average molecular weight is 373 g/mol. The first-order chi connectivity index (χ1) is 12.9. The van der Waals surface area contributed by atoms with Gasteiger partial charge in [-0.2, -0.15) is 0 Å². The molecule has 0 unspecified atom stereocenters. The van der Waals surface area contributed by atoms with Crippen LogP contribution in [0.3, 0.4) is 0 Å². The number of benzene rings is 1. The first kappa shape index (κ1) is 20.9. The van der Waals surface area contributed by atoms with E-state index in [1.54, 1.807) is 0 Å². The van der Waals surface area contributed by atoms with Crippen molar-refractivity contribution in [2.24, 2.45) is 5.92 Å². The minimum atomic E-state index is -0.148. The van der Waals surface area contributed by atoms with Crippen LogP contribution >= 0.6 is 0 Å². The lowest BCUT2D eigenvalue weighted by molar-refractivity contribution is -0.136. The summed E-state index contributed by atoms with van der Waals surface area (Å²) in [5.74, 6) is -0.0266. The van der Waals surface area contributed by atoms with E-state index in [4.69, 9.17) is 0 Å². The second-order valence-electron chi connectivity index (χ2n) is 7.18. The van der Waals surface area contributed by atoms with Crippen LogP contribution in [0.2, 0.25) is 0 Å². The van der Waals surface area contributed by atoms with Crippen molar-refractivity contribution in [1.29, 1.82) is 0 Å². The summed E-state index contributed by atoms with van der Waals surface area (Å²) in [6.45, 7) is 7.01. The number of hydrogen-bond acceptors (Lipinski definition) is 3. The average Bonchev–Trinajstić information content (AvgIpc) is 2.68. The third-order valence-corrected chi connectivity index (χ3v) is 4.98. The molecule has 1 saturated heterocycles. The van der Waals surface area contributed by atoms with Gasteiger partial charge in [-0.05, 0) is 43.9 Å². The largest absolute Gasteiger partial charge is 0.349 e. The molecule has 2 N–H and O–H groups in total. The fourth-order valence-electron chi connectivity index (χ4n) is 3.31. The van der Waals surface area contributed by atoms with E-state index in [1.165, 1.54) is 0 Å². The summed E-state index contributed by atoms with van der Waals surface area (Å²) >= 11 is 0. The Morgan fingerprint density at radius 2 is 1.89 bits per heavy atom. The number of anilines is 1. The van der Waals surface area contributed by atoms with Gasteiger partial charge in [-0.25, -0.2) is 0 Å². The number of piperidine rings is 1. The second kappa shape index (κ2) is 10.1. The molecule has 0 saturated carbocycles. The molecule has 1 aromatic carbocycles. The summed E-state index contributed by atoms with van der Waals surface area (Å²) in [6.07, 6.45) is 3.50. The van der Waals surface area contributed by atoms with Gasteiger partial charge in [0.05, 0.1) is 12.0 Å². The number of likely N-dealkylation sites (tertiary alicyclic amines) is 1. The molecular weight excluding hydrogens is 342 g/mol. The number of hydrogen-bond donors (Lipinski definition) is 2. The Labute approximate surface area is 161 Å². The third-order valence-electron chi connectivity index (χ3n) is 4.98. The molecule has 1 aromatic rings. The maximum Gasteiger partial charge on any atom is 0.225 e. The Hall–Kier alpha value is -2.37. The monoisotopic (exact) mass is 373 g/mol. The number of carbonyl (C=O) groups is 3. The molecule has 0 spiro atoms. The van der Waals surface area contributed by atoms with Crippen LogP contribution in [0, 0.1) is 5.92 Å². The van der Waals surface area contributed by atoms with Gasteiger partial charge in [0.25, 0.3) is 0 Å². The van der Waals surface area contributed by atoms with Gasteiger partial charge in [0.2, 0.25) is 17.7 Å². The smallest absolute Gasteiger partial charge is 0.225 e. The number of carbonyl (C=O) groups excluding carboxylic acids is 3. The van der Waals surface area contributed by atoms with Crippen LogP contribution in [0.1, 0.15) is 64.5 Å². The summed E-state index contributed by atoms with van der Waals surface area (Å²) in [4.78, 5) is 38.0. The zero-order valence-electron chi connectivity index (χ0n) is 16.6. The van der Waals surface area contributed by atoms with Crippen molar-refractivity contribution in [3.8, 4) is 0 Å². The van der Waals surface area contributed by atoms with Gasteiger partial charge in [0.1, 0.15) is 0 Å². The molecule has 1 fully saturated rings. The Kier molecular flexibility index (Phi) is 7.82. The van der Waals surface area contributed by atoms with Gasteiger partial charge in [0.15, 0.2) is 0 Å². The molecule has 6 nitrogen and oxygen atoms in total. The van der Waals surface area contributed by atoms with E-state index in [9.17, 15) is 14.4 Å².